The maximum absolute atomic E-state index is 12.9. The average molecular weight is 223 g/mol. The predicted molar refractivity (Wildman–Crippen MR) is 40.7 cm³/mol. The van der Waals surface area contributed by atoms with Crippen LogP contribution in [0.3, 0.4) is 0 Å². The highest BCUT2D eigenvalue weighted by Crippen LogP contribution is 2.35. The second-order valence-electron chi connectivity index (χ2n) is 2.66. The lowest BCUT2D eigenvalue weighted by Crippen LogP contribution is -2.15. The molecule has 0 aliphatic rings. The zero-order chi connectivity index (χ0) is 11.6. The van der Waals surface area contributed by atoms with Gasteiger partial charge < -0.3 is 5.11 Å². The molecular weight excluding hydrogens is 218 g/mol. The van der Waals surface area contributed by atoms with Crippen molar-refractivity contribution >= 4 is 5.97 Å². The number of carbonyl (C=O) groups is 1. The Bertz CT molecular complexity index is 377. The van der Waals surface area contributed by atoms with Crippen LogP contribution in [0.15, 0.2) is 18.5 Å². The number of carboxylic acid groups (broad SMARTS) is 1. The van der Waals surface area contributed by atoms with E-state index in [1.54, 1.807) is 0 Å². The number of nitrogens with zero attached hydrogens (tertiary/aromatic N) is 1. The Morgan fingerprint density at radius 3 is 2.53 bits per heavy atom. The Kier molecular flexibility index (Phi) is 2.92. The lowest BCUT2D eigenvalue weighted by molar-refractivity contribution is -0.145. The van der Waals surface area contributed by atoms with Crippen LogP contribution in [0.25, 0.3) is 0 Å². The minimum Gasteiger partial charge on any atom is -0.479 e. The summed E-state index contributed by atoms with van der Waals surface area (Å²) in [5.41, 5.74) is -2.31. The Morgan fingerprint density at radius 2 is 2.07 bits per heavy atom. The quantitative estimate of drug-likeness (QED) is 0.782. The summed E-state index contributed by atoms with van der Waals surface area (Å²) in [5, 5.41) is 8.26. The van der Waals surface area contributed by atoms with E-state index in [-0.39, 0.29) is 0 Å². The fourth-order valence-corrected chi connectivity index (χ4v) is 1.000. The van der Waals surface area contributed by atoms with Crippen molar-refractivity contribution in [2.45, 2.75) is 12.3 Å². The number of aromatic nitrogens is 1. The molecule has 0 aliphatic carbocycles. The third-order valence-electron chi connectivity index (χ3n) is 1.65. The minimum absolute atomic E-state index is 0.533. The topological polar surface area (TPSA) is 50.2 Å². The molecule has 0 fully saturated rings. The Labute approximate surface area is 81.4 Å². The van der Waals surface area contributed by atoms with E-state index in [1.807, 2.05) is 0 Å². The first-order valence-electron chi connectivity index (χ1n) is 3.72. The van der Waals surface area contributed by atoms with Gasteiger partial charge in [-0.25, -0.2) is 9.18 Å². The summed E-state index contributed by atoms with van der Waals surface area (Å²) < 4.78 is 49.8. The lowest BCUT2D eigenvalue weighted by atomic mass is 10.1. The molecule has 0 aromatic carbocycles. The minimum atomic E-state index is -4.79. The number of aliphatic carboxylic acids is 1. The van der Waals surface area contributed by atoms with Crippen LogP contribution in [0.4, 0.5) is 17.6 Å². The van der Waals surface area contributed by atoms with Gasteiger partial charge in [0.15, 0.2) is 0 Å². The van der Waals surface area contributed by atoms with E-state index in [9.17, 15) is 22.4 Å². The fraction of sp³-hybridized carbons (Fsp3) is 0.250. The zero-order valence-corrected chi connectivity index (χ0v) is 7.12. The molecule has 0 radical (unpaired) electrons. The van der Waals surface area contributed by atoms with Gasteiger partial charge in [-0.05, 0) is 6.07 Å². The first-order valence-corrected chi connectivity index (χ1v) is 3.72. The van der Waals surface area contributed by atoms with Gasteiger partial charge in [-0.3, -0.25) is 4.98 Å². The number of rotatable bonds is 2. The van der Waals surface area contributed by atoms with Crippen LogP contribution >= 0.6 is 0 Å². The van der Waals surface area contributed by atoms with E-state index in [0.717, 1.165) is 6.20 Å². The third kappa shape index (κ3) is 2.42. The van der Waals surface area contributed by atoms with Gasteiger partial charge in [0.2, 0.25) is 6.17 Å². The Balaban J connectivity index is 3.24. The van der Waals surface area contributed by atoms with Gasteiger partial charge in [0.25, 0.3) is 0 Å². The molecule has 1 rings (SSSR count). The van der Waals surface area contributed by atoms with E-state index in [1.165, 1.54) is 0 Å². The average Bonchev–Trinajstić information content (AvgIpc) is 2.15. The SMILES string of the molecule is O=C(O)C(F)c1cnccc1C(F)(F)F. The molecule has 82 valence electrons. The standard InChI is InChI=1S/C8H5F4NO2/c9-6(7(14)15)4-3-13-2-1-5(4)8(10,11)12/h1-3,6H,(H,14,15). The molecule has 1 unspecified atom stereocenters. The van der Waals surface area contributed by atoms with Crippen LogP contribution in [0, 0.1) is 0 Å². The maximum Gasteiger partial charge on any atom is 0.416 e. The van der Waals surface area contributed by atoms with Crippen molar-refractivity contribution in [3.63, 3.8) is 0 Å². The molecule has 1 N–H and O–H groups in total. The number of halogens is 4. The van der Waals surface area contributed by atoms with Gasteiger partial charge >= 0.3 is 12.1 Å². The monoisotopic (exact) mass is 223 g/mol. The zero-order valence-electron chi connectivity index (χ0n) is 7.12. The van der Waals surface area contributed by atoms with E-state index in [4.69, 9.17) is 5.11 Å². The molecule has 0 saturated carbocycles. The number of hydrogen-bond donors (Lipinski definition) is 1. The fourth-order valence-electron chi connectivity index (χ4n) is 1.000. The number of hydrogen-bond acceptors (Lipinski definition) is 2. The molecule has 0 bridgehead atoms. The van der Waals surface area contributed by atoms with Gasteiger partial charge in [0, 0.05) is 18.0 Å². The molecule has 1 aromatic heterocycles. The summed E-state index contributed by atoms with van der Waals surface area (Å²) in [7, 11) is 0. The van der Waals surface area contributed by atoms with Gasteiger partial charge in [0.05, 0.1) is 5.56 Å². The van der Waals surface area contributed by atoms with Crippen molar-refractivity contribution < 1.29 is 27.5 Å². The second-order valence-corrected chi connectivity index (χ2v) is 2.66. The predicted octanol–water partition coefficient (Wildman–Crippen LogP) is 2.20. The maximum atomic E-state index is 12.9. The third-order valence-corrected chi connectivity index (χ3v) is 1.65. The smallest absolute Gasteiger partial charge is 0.416 e. The summed E-state index contributed by atoms with van der Waals surface area (Å²) in [6.45, 7) is 0. The van der Waals surface area contributed by atoms with E-state index in [0.29, 0.717) is 12.3 Å². The molecule has 1 aromatic rings. The summed E-state index contributed by atoms with van der Waals surface area (Å²) in [6.07, 6.45) is -6.14. The van der Waals surface area contributed by atoms with Crippen molar-refractivity contribution in [1.82, 2.24) is 4.98 Å². The number of carboxylic acids is 1. The van der Waals surface area contributed by atoms with Crippen LogP contribution < -0.4 is 0 Å². The summed E-state index contributed by atoms with van der Waals surface area (Å²) >= 11 is 0. The first kappa shape index (κ1) is 11.4. The van der Waals surface area contributed by atoms with Crippen LogP contribution in [0.5, 0.6) is 0 Å². The van der Waals surface area contributed by atoms with Crippen molar-refractivity contribution in [2.24, 2.45) is 0 Å². The largest absolute Gasteiger partial charge is 0.479 e. The highest BCUT2D eigenvalue weighted by atomic mass is 19.4. The van der Waals surface area contributed by atoms with Crippen LogP contribution in [0.2, 0.25) is 0 Å². The molecule has 0 spiro atoms. The number of alkyl halides is 4. The lowest BCUT2D eigenvalue weighted by Gasteiger charge is -2.12. The molecule has 15 heavy (non-hydrogen) atoms. The molecule has 3 nitrogen and oxygen atoms in total. The first-order chi connectivity index (χ1) is 6.84. The van der Waals surface area contributed by atoms with E-state index < -0.39 is 29.4 Å². The van der Waals surface area contributed by atoms with Gasteiger partial charge in [-0.15, -0.1) is 0 Å². The molecule has 0 saturated heterocycles. The molecule has 0 amide bonds. The highest BCUT2D eigenvalue weighted by molar-refractivity contribution is 5.74. The van der Waals surface area contributed by atoms with Crippen LogP contribution in [-0.2, 0) is 11.0 Å². The normalized spacial score (nSPS) is 13.6. The molecule has 1 heterocycles. The van der Waals surface area contributed by atoms with Crippen molar-refractivity contribution in [3.05, 3.63) is 29.6 Å². The van der Waals surface area contributed by atoms with E-state index >= 15 is 0 Å². The summed E-state index contributed by atoms with van der Waals surface area (Å²) in [4.78, 5) is 13.5. The van der Waals surface area contributed by atoms with Gasteiger partial charge in [0.1, 0.15) is 0 Å². The van der Waals surface area contributed by atoms with Crippen LogP contribution in [-0.4, -0.2) is 16.1 Å². The number of pyridine rings is 1. The summed E-state index contributed by atoms with van der Waals surface area (Å²) in [5.74, 6) is -1.98. The molecule has 1 atom stereocenters. The van der Waals surface area contributed by atoms with Crippen LogP contribution in [0.1, 0.15) is 17.3 Å². The summed E-state index contributed by atoms with van der Waals surface area (Å²) in [6, 6.07) is 0.533. The highest BCUT2D eigenvalue weighted by Gasteiger charge is 2.37. The Morgan fingerprint density at radius 1 is 1.47 bits per heavy atom. The van der Waals surface area contributed by atoms with Crippen molar-refractivity contribution in [3.8, 4) is 0 Å². The van der Waals surface area contributed by atoms with Gasteiger partial charge in [-0.1, -0.05) is 0 Å². The molecule has 7 heteroatoms. The van der Waals surface area contributed by atoms with Crippen molar-refractivity contribution in [2.75, 3.05) is 0 Å². The molecular formula is C8H5F4NO2. The molecule has 0 aliphatic heterocycles. The van der Waals surface area contributed by atoms with Crippen molar-refractivity contribution in [1.29, 1.82) is 0 Å². The Hall–Kier alpha value is -1.66. The van der Waals surface area contributed by atoms with E-state index in [2.05, 4.69) is 4.98 Å². The second kappa shape index (κ2) is 3.84. The van der Waals surface area contributed by atoms with Gasteiger partial charge in [-0.2, -0.15) is 13.2 Å².